The maximum Gasteiger partial charge on any atom is 0.173 e. The summed E-state index contributed by atoms with van der Waals surface area (Å²) in [6.07, 6.45) is 7.45. The number of aliphatic imine (C=N–C) groups is 1. The Hall–Kier alpha value is -2.78. The number of aromatic nitrogens is 3. The van der Waals surface area contributed by atoms with Crippen LogP contribution in [0.1, 0.15) is 30.3 Å². The lowest BCUT2D eigenvalue weighted by Crippen LogP contribution is -2.51. The van der Waals surface area contributed by atoms with Gasteiger partial charge in [0.05, 0.1) is 29.4 Å². The summed E-state index contributed by atoms with van der Waals surface area (Å²) in [6.45, 7) is 0.556. The number of fused-ring (bicyclic) bond motifs is 6. The van der Waals surface area contributed by atoms with Gasteiger partial charge in [-0.3, -0.25) is 4.42 Å². The van der Waals surface area contributed by atoms with Gasteiger partial charge in [-0.1, -0.05) is 18.2 Å². The molecule has 0 amide bonds. The Morgan fingerprint density at radius 3 is 2.96 bits per heavy atom. The first-order valence-electron chi connectivity index (χ1n) is 8.88. The highest BCUT2D eigenvalue weighted by molar-refractivity contribution is 6.14. The number of hydrogen-bond donors (Lipinski definition) is 1. The monoisotopic (exact) mass is 384 g/mol. The zero-order chi connectivity index (χ0) is 18.2. The van der Waals surface area contributed by atoms with Crippen molar-refractivity contribution >= 4 is 23.8 Å². The molecule has 138 valence electrons. The van der Waals surface area contributed by atoms with Gasteiger partial charge in [-0.15, -0.1) is 9.89 Å². The molecule has 0 spiro atoms. The molecule has 2 aromatic rings. The Balaban J connectivity index is 1.38. The van der Waals surface area contributed by atoms with E-state index in [2.05, 4.69) is 27.3 Å². The van der Waals surface area contributed by atoms with Gasteiger partial charge in [0.2, 0.25) is 0 Å². The second-order valence-corrected chi connectivity index (χ2v) is 7.78. The molecule has 4 aliphatic rings. The molecule has 1 fully saturated rings. The summed E-state index contributed by atoms with van der Waals surface area (Å²) in [4.78, 5) is 8.49. The molecule has 3 aliphatic heterocycles. The van der Waals surface area contributed by atoms with Gasteiger partial charge in [0, 0.05) is 23.8 Å². The third-order valence-electron chi connectivity index (χ3n) is 5.39. The normalized spacial score (nSPS) is 24.1. The molecule has 1 aliphatic carbocycles. The molecule has 1 atom stereocenters. The van der Waals surface area contributed by atoms with Gasteiger partial charge in [0.15, 0.2) is 12.0 Å². The summed E-state index contributed by atoms with van der Waals surface area (Å²) >= 11 is 6.29. The first-order chi connectivity index (χ1) is 13.1. The highest BCUT2D eigenvalue weighted by atomic mass is 35.5. The second kappa shape index (κ2) is 5.14. The lowest BCUT2D eigenvalue weighted by molar-refractivity contribution is 0.149. The average molecular weight is 385 g/mol. The van der Waals surface area contributed by atoms with Crippen LogP contribution in [-0.4, -0.2) is 48.2 Å². The van der Waals surface area contributed by atoms with Crippen molar-refractivity contribution in [3.63, 3.8) is 0 Å². The first kappa shape index (κ1) is 15.3. The van der Waals surface area contributed by atoms with E-state index in [-0.39, 0.29) is 6.17 Å². The highest BCUT2D eigenvalue weighted by Gasteiger charge is 2.45. The van der Waals surface area contributed by atoms with Gasteiger partial charge in [-0.25, -0.2) is 10.0 Å². The van der Waals surface area contributed by atoms with Gasteiger partial charge in [-0.2, -0.15) is 5.12 Å². The number of benzene rings is 1. The molecule has 0 bridgehead atoms. The minimum Gasteiger partial charge on any atom is -0.389 e. The van der Waals surface area contributed by atoms with Crippen molar-refractivity contribution in [2.45, 2.75) is 31.0 Å². The van der Waals surface area contributed by atoms with Crippen LogP contribution in [0.15, 0.2) is 47.5 Å². The Bertz CT molecular complexity index is 983. The Morgan fingerprint density at radius 1 is 1.26 bits per heavy atom. The number of hydrogen-bond acceptors (Lipinski definition) is 8. The standard InChI is InChI=1S/C17H17ClN8O/c18-22-9-15-23(11-22)14-4-2-1-3-13(14)16-19-10-25(26(15)16)24-8-12(20-21-24)7-17(27)5-6-17/h1-4,8-10,16,27H,5-7,11H2. The van der Waals surface area contributed by atoms with Crippen molar-refractivity contribution in [3.8, 4) is 0 Å². The van der Waals surface area contributed by atoms with Gasteiger partial charge < -0.3 is 10.0 Å². The van der Waals surface area contributed by atoms with Crippen molar-refractivity contribution in [2.24, 2.45) is 4.99 Å². The molecule has 6 rings (SSSR count). The van der Waals surface area contributed by atoms with Crippen LogP contribution in [-0.2, 0) is 6.42 Å². The molecule has 27 heavy (non-hydrogen) atoms. The molecule has 10 heteroatoms. The molecular weight excluding hydrogens is 368 g/mol. The number of aliphatic hydroxyl groups is 1. The summed E-state index contributed by atoms with van der Waals surface area (Å²) in [7, 11) is 0. The molecule has 1 N–H and O–H groups in total. The molecule has 1 aromatic heterocycles. The van der Waals surface area contributed by atoms with E-state index < -0.39 is 5.60 Å². The lowest BCUT2D eigenvalue weighted by Gasteiger charge is -2.41. The molecule has 0 saturated heterocycles. The molecule has 4 heterocycles. The smallest absolute Gasteiger partial charge is 0.173 e. The Morgan fingerprint density at radius 2 is 2.11 bits per heavy atom. The number of para-hydroxylation sites is 1. The van der Waals surface area contributed by atoms with Crippen LogP contribution in [0.25, 0.3) is 0 Å². The number of rotatable bonds is 3. The molecule has 1 aromatic carbocycles. The number of anilines is 1. The minimum atomic E-state index is -0.601. The van der Waals surface area contributed by atoms with E-state index in [0.717, 1.165) is 35.6 Å². The predicted octanol–water partition coefficient (Wildman–Crippen LogP) is 1.29. The molecule has 9 nitrogen and oxygen atoms in total. The SMILES string of the molecule is OC1(Cc2cn(N3C=NC4c5ccccc5N5CN(Cl)C=C5N43)nn2)CC1. The molecular formula is C17H17ClN8O. The van der Waals surface area contributed by atoms with Crippen molar-refractivity contribution < 1.29 is 5.11 Å². The van der Waals surface area contributed by atoms with Gasteiger partial charge in [0.25, 0.3) is 0 Å². The van der Waals surface area contributed by atoms with Crippen LogP contribution < -0.4 is 10.0 Å². The summed E-state index contributed by atoms with van der Waals surface area (Å²) in [6, 6.07) is 8.20. The maximum absolute atomic E-state index is 10.1. The van der Waals surface area contributed by atoms with Crippen molar-refractivity contribution in [1.82, 2.24) is 24.5 Å². The van der Waals surface area contributed by atoms with E-state index in [1.807, 2.05) is 34.7 Å². The summed E-state index contributed by atoms with van der Waals surface area (Å²) in [5.41, 5.74) is 2.37. The quantitative estimate of drug-likeness (QED) is 0.799. The fraction of sp³-hybridized carbons (Fsp3) is 0.353. The summed E-state index contributed by atoms with van der Waals surface area (Å²) < 4.78 is 1.63. The zero-order valence-electron chi connectivity index (χ0n) is 14.4. The third kappa shape index (κ3) is 2.25. The fourth-order valence-electron chi connectivity index (χ4n) is 3.85. The van der Waals surface area contributed by atoms with E-state index in [9.17, 15) is 5.11 Å². The van der Waals surface area contributed by atoms with Crippen LogP contribution in [0.5, 0.6) is 0 Å². The summed E-state index contributed by atoms with van der Waals surface area (Å²) in [5.74, 6) is 0.920. The highest BCUT2D eigenvalue weighted by Crippen LogP contribution is 2.45. The first-order valence-corrected chi connectivity index (χ1v) is 9.21. The molecule has 1 saturated carbocycles. The van der Waals surface area contributed by atoms with Crippen molar-refractivity contribution in [3.05, 3.63) is 53.7 Å². The van der Waals surface area contributed by atoms with E-state index in [1.54, 1.807) is 15.5 Å². The fourth-order valence-corrected chi connectivity index (χ4v) is 4.05. The van der Waals surface area contributed by atoms with Gasteiger partial charge in [0.1, 0.15) is 13.0 Å². The zero-order valence-corrected chi connectivity index (χ0v) is 15.1. The average Bonchev–Trinajstić information content (AvgIpc) is 3.06. The maximum atomic E-state index is 10.1. The number of nitrogens with zero attached hydrogens (tertiary/aromatic N) is 8. The van der Waals surface area contributed by atoms with Crippen LogP contribution in [0, 0.1) is 0 Å². The third-order valence-corrected chi connectivity index (χ3v) is 5.59. The van der Waals surface area contributed by atoms with Crippen LogP contribution in [0.4, 0.5) is 5.69 Å². The van der Waals surface area contributed by atoms with Gasteiger partial charge in [-0.05, 0) is 24.1 Å². The van der Waals surface area contributed by atoms with E-state index in [4.69, 9.17) is 16.8 Å². The Kier molecular flexibility index (Phi) is 2.91. The molecule has 0 radical (unpaired) electrons. The van der Waals surface area contributed by atoms with Gasteiger partial charge >= 0.3 is 0 Å². The van der Waals surface area contributed by atoms with Crippen molar-refractivity contribution in [2.75, 3.05) is 16.7 Å². The van der Waals surface area contributed by atoms with Crippen LogP contribution in [0.3, 0.4) is 0 Å². The minimum absolute atomic E-state index is 0.188. The summed E-state index contributed by atoms with van der Waals surface area (Å²) in [5, 5.41) is 22.5. The topological polar surface area (TPSA) is 76.3 Å². The number of hydrazine groups is 1. The second-order valence-electron chi connectivity index (χ2n) is 7.35. The molecule has 1 unspecified atom stereocenters. The number of halogens is 1. The Labute approximate surface area is 160 Å². The van der Waals surface area contributed by atoms with E-state index in [0.29, 0.717) is 13.1 Å². The van der Waals surface area contributed by atoms with Crippen molar-refractivity contribution in [1.29, 1.82) is 0 Å². The predicted molar refractivity (Wildman–Crippen MR) is 98.8 cm³/mol. The van der Waals surface area contributed by atoms with Crippen LogP contribution in [0.2, 0.25) is 0 Å². The largest absolute Gasteiger partial charge is 0.389 e. The lowest BCUT2D eigenvalue weighted by atomic mass is 10.1. The van der Waals surface area contributed by atoms with E-state index >= 15 is 0 Å². The van der Waals surface area contributed by atoms with Crippen LogP contribution >= 0.6 is 11.8 Å². The van der Waals surface area contributed by atoms with E-state index in [1.165, 1.54) is 0 Å².